The van der Waals surface area contributed by atoms with Crippen molar-refractivity contribution in [2.24, 2.45) is 5.73 Å². The molecule has 1 aliphatic rings. The number of hydrogen-bond donors (Lipinski definition) is 5. The Kier molecular flexibility index (Phi) is 4.87. The van der Waals surface area contributed by atoms with Crippen molar-refractivity contribution in [3.63, 3.8) is 0 Å². The summed E-state index contributed by atoms with van der Waals surface area (Å²) in [6.45, 7) is -0.0643. The standard InChI is InChI=1S/C8H17NO6/c9-1-2-14-8-7(13)6(12)5(11)4(3-10)15-8/h4-8,10-13H,1-3,9H2/t4-,5+,6+,7-,8-/m1/s1. The molecule has 6 N–H and O–H groups in total. The molecule has 0 aromatic carbocycles. The quantitative estimate of drug-likeness (QED) is 0.339. The molecule has 7 heteroatoms. The lowest BCUT2D eigenvalue weighted by Crippen LogP contribution is -2.59. The van der Waals surface area contributed by atoms with Crippen molar-refractivity contribution in [3.05, 3.63) is 0 Å². The van der Waals surface area contributed by atoms with Gasteiger partial charge in [-0.25, -0.2) is 0 Å². The minimum atomic E-state index is -1.40. The Morgan fingerprint density at radius 1 is 1.13 bits per heavy atom. The van der Waals surface area contributed by atoms with Crippen LogP contribution in [0.15, 0.2) is 0 Å². The molecular formula is C8H17NO6. The molecular weight excluding hydrogens is 206 g/mol. The molecule has 1 fully saturated rings. The summed E-state index contributed by atoms with van der Waals surface area (Å²) in [5.41, 5.74) is 5.20. The van der Waals surface area contributed by atoms with Gasteiger partial charge in [0.2, 0.25) is 0 Å². The number of ether oxygens (including phenoxy) is 2. The maximum Gasteiger partial charge on any atom is 0.186 e. The van der Waals surface area contributed by atoms with E-state index in [1.807, 2.05) is 0 Å². The molecule has 0 aromatic rings. The molecule has 1 rings (SSSR count). The first-order valence-electron chi connectivity index (χ1n) is 4.74. The van der Waals surface area contributed by atoms with Gasteiger partial charge in [-0.3, -0.25) is 0 Å². The minimum Gasteiger partial charge on any atom is -0.394 e. The van der Waals surface area contributed by atoms with Gasteiger partial charge < -0.3 is 35.6 Å². The molecule has 1 heterocycles. The summed E-state index contributed by atoms with van der Waals surface area (Å²) in [4.78, 5) is 0. The van der Waals surface area contributed by atoms with Crippen LogP contribution in [0.1, 0.15) is 0 Å². The predicted octanol–water partition coefficient (Wildman–Crippen LogP) is -3.24. The SMILES string of the molecule is NCCO[C@@H]1O[C@H](CO)[C@H](O)[C@H](O)[C@H]1O. The van der Waals surface area contributed by atoms with Gasteiger partial charge in [-0.15, -0.1) is 0 Å². The van der Waals surface area contributed by atoms with Crippen molar-refractivity contribution >= 4 is 0 Å². The molecule has 90 valence electrons. The molecule has 0 spiro atoms. The first-order valence-corrected chi connectivity index (χ1v) is 4.74. The molecule has 7 nitrogen and oxygen atoms in total. The van der Waals surface area contributed by atoms with Crippen molar-refractivity contribution < 1.29 is 29.9 Å². The van der Waals surface area contributed by atoms with Crippen LogP contribution in [0, 0.1) is 0 Å². The Morgan fingerprint density at radius 2 is 1.80 bits per heavy atom. The molecule has 0 unspecified atom stereocenters. The molecule has 0 saturated carbocycles. The molecule has 1 saturated heterocycles. The summed E-state index contributed by atoms with van der Waals surface area (Å²) in [7, 11) is 0. The third-order valence-corrected chi connectivity index (χ3v) is 2.25. The first-order chi connectivity index (χ1) is 7.11. The van der Waals surface area contributed by atoms with E-state index in [0.29, 0.717) is 0 Å². The van der Waals surface area contributed by atoms with E-state index >= 15 is 0 Å². The van der Waals surface area contributed by atoms with Crippen LogP contribution >= 0.6 is 0 Å². The lowest BCUT2D eigenvalue weighted by Gasteiger charge is -2.39. The lowest BCUT2D eigenvalue weighted by atomic mass is 9.99. The van der Waals surface area contributed by atoms with Crippen LogP contribution in [0.4, 0.5) is 0 Å². The normalized spacial score (nSPS) is 41.8. The van der Waals surface area contributed by atoms with Gasteiger partial charge >= 0.3 is 0 Å². The van der Waals surface area contributed by atoms with Crippen LogP contribution < -0.4 is 5.73 Å². The van der Waals surface area contributed by atoms with Crippen molar-refractivity contribution in [3.8, 4) is 0 Å². The Labute approximate surface area is 87.0 Å². The summed E-state index contributed by atoms with van der Waals surface area (Å²) in [5.74, 6) is 0. The Balaban J connectivity index is 2.57. The van der Waals surface area contributed by atoms with Gasteiger partial charge in [0.1, 0.15) is 24.4 Å². The fourth-order valence-electron chi connectivity index (χ4n) is 1.39. The molecule has 15 heavy (non-hydrogen) atoms. The lowest BCUT2D eigenvalue weighted by molar-refractivity contribution is -0.300. The van der Waals surface area contributed by atoms with Crippen molar-refractivity contribution in [1.82, 2.24) is 0 Å². The molecule has 0 aliphatic carbocycles. The van der Waals surface area contributed by atoms with Crippen LogP contribution in [-0.4, -0.2) is 70.9 Å². The smallest absolute Gasteiger partial charge is 0.186 e. The van der Waals surface area contributed by atoms with Gasteiger partial charge in [0, 0.05) is 6.54 Å². The van der Waals surface area contributed by atoms with Gasteiger partial charge in [0.05, 0.1) is 13.2 Å². The Hall–Kier alpha value is -0.280. The third kappa shape index (κ3) is 2.85. The highest BCUT2D eigenvalue weighted by Crippen LogP contribution is 2.21. The zero-order chi connectivity index (χ0) is 11.4. The number of aliphatic hydroxyl groups excluding tert-OH is 4. The van der Waals surface area contributed by atoms with Crippen LogP contribution in [0.5, 0.6) is 0 Å². The Morgan fingerprint density at radius 3 is 2.33 bits per heavy atom. The number of hydrogen-bond acceptors (Lipinski definition) is 7. The fraction of sp³-hybridized carbons (Fsp3) is 1.00. The van der Waals surface area contributed by atoms with E-state index in [4.69, 9.17) is 20.3 Å². The van der Waals surface area contributed by atoms with Gasteiger partial charge in [-0.2, -0.15) is 0 Å². The molecule has 1 aliphatic heterocycles. The van der Waals surface area contributed by atoms with Gasteiger partial charge in [0.25, 0.3) is 0 Å². The van der Waals surface area contributed by atoms with Gasteiger partial charge in [-0.05, 0) is 0 Å². The zero-order valence-corrected chi connectivity index (χ0v) is 8.19. The first kappa shape index (κ1) is 12.8. The molecule has 0 radical (unpaired) electrons. The number of rotatable bonds is 4. The van der Waals surface area contributed by atoms with E-state index < -0.39 is 37.3 Å². The van der Waals surface area contributed by atoms with E-state index in [1.54, 1.807) is 0 Å². The highest BCUT2D eigenvalue weighted by atomic mass is 16.7. The maximum atomic E-state index is 9.47. The summed E-state index contributed by atoms with van der Waals surface area (Å²) in [6.07, 6.45) is -6.13. The second-order valence-electron chi connectivity index (χ2n) is 3.36. The average molecular weight is 223 g/mol. The van der Waals surface area contributed by atoms with E-state index in [1.165, 1.54) is 0 Å². The summed E-state index contributed by atoms with van der Waals surface area (Å²) in [5, 5.41) is 37.1. The summed E-state index contributed by atoms with van der Waals surface area (Å²) >= 11 is 0. The molecule has 0 aromatic heterocycles. The Bertz CT molecular complexity index is 190. The van der Waals surface area contributed by atoms with Crippen molar-refractivity contribution in [2.75, 3.05) is 19.8 Å². The van der Waals surface area contributed by atoms with Crippen molar-refractivity contribution in [2.45, 2.75) is 30.7 Å². The molecule has 0 bridgehead atoms. The zero-order valence-electron chi connectivity index (χ0n) is 8.19. The minimum absolute atomic E-state index is 0.155. The van der Waals surface area contributed by atoms with Crippen LogP contribution in [0.25, 0.3) is 0 Å². The maximum absolute atomic E-state index is 9.47. The third-order valence-electron chi connectivity index (χ3n) is 2.25. The number of nitrogens with two attached hydrogens (primary N) is 1. The van der Waals surface area contributed by atoms with E-state index in [-0.39, 0.29) is 13.2 Å². The van der Waals surface area contributed by atoms with E-state index in [0.717, 1.165) is 0 Å². The van der Waals surface area contributed by atoms with E-state index in [9.17, 15) is 15.3 Å². The fourth-order valence-corrected chi connectivity index (χ4v) is 1.39. The van der Waals surface area contributed by atoms with Gasteiger partial charge in [-0.1, -0.05) is 0 Å². The van der Waals surface area contributed by atoms with Crippen molar-refractivity contribution in [1.29, 1.82) is 0 Å². The monoisotopic (exact) mass is 223 g/mol. The average Bonchev–Trinajstić information content (AvgIpc) is 2.25. The van der Waals surface area contributed by atoms with Crippen LogP contribution in [0.3, 0.4) is 0 Å². The molecule has 5 atom stereocenters. The topological polar surface area (TPSA) is 125 Å². The largest absolute Gasteiger partial charge is 0.394 e. The molecule has 0 amide bonds. The van der Waals surface area contributed by atoms with Gasteiger partial charge in [0.15, 0.2) is 6.29 Å². The highest BCUT2D eigenvalue weighted by molar-refractivity contribution is 4.88. The number of aliphatic hydroxyl groups is 4. The summed E-state index contributed by atoms with van der Waals surface area (Å²) in [6, 6.07) is 0. The van der Waals surface area contributed by atoms with Crippen LogP contribution in [-0.2, 0) is 9.47 Å². The predicted molar refractivity (Wildman–Crippen MR) is 48.8 cm³/mol. The van der Waals surface area contributed by atoms with Crippen LogP contribution in [0.2, 0.25) is 0 Å². The highest BCUT2D eigenvalue weighted by Gasteiger charge is 2.43. The summed E-state index contributed by atoms with van der Waals surface area (Å²) < 4.78 is 10.1. The van der Waals surface area contributed by atoms with E-state index in [2.05, 4.69) is 0 Å². The second-order valence-corrected chi connectivity index (χ2v) is 3.36. The second kappa shape index (κ2) is 5.71.